The summed E-state index contributed by atoms with van der Waals surface area (Å²) in [4.78, 5) is 8.92. The van der Waals surface area contributed by atoms with Crippen LogP contribution in [-0.2, 0) is 0 Å². The Balaban J connectivity index is 2.03. The first kappa shape index (κ1) is 12.2. The molecule has 21 heavy (non-hydrogen) atoms. The van der Waals surface area contributed by atoms with Crippen LogP contribution in [0.5, 0.6) is 5.75 Å². The van der Waals surface area contributed by atoms with Gasteiger partial charge in [-0.2, -0.15) is 0 Å². The van der Waals surface area contributed by atoms with Crippen LogP contribution in [0.4, 0.5) is 0 Å². The van der Waals surface area contributed by atoms with E-state index in [1.807, 2.05) is 47.0 Å². The van der Waals surface area contributed by atoms with E-state index in [9.17, 15) is 5.11 Å². The van der Waals surface area contributed by atoms with Crippen molar-refractivity contribution in [3.05, 3.63) is 59.9 Å². The largest absolute Gasteiger partial charge is 0.508 e. The Morgan fingerprint density at radius 2 is 1.71 bits per heavy atom. The maximum Gasteiger partial charge on any atom is 0.175 e. The number of hydrogen-bond acceptors (Lipinski definition) is 3. The molecule has 0 unspecified atom stereocenters. The van der Waals surface area contributed by atoms with Gasteiger partial charge in [-0.1, -0.05) is 23.7 Å². The van der Waals surface area contributed by atoms with Gasteiger partial charge in [0.25, 0.3) is 0 Å². The molecule has 0 fully saturated rings. The van der Waals surface area contributed by atoms with E-state index in [0.29, 0.717) is 10.8 Å². The molecule has 4 nitrogen and oxygen atoms in total. The first-order valence-electron chi connectivity index (χ1n) is 6.45. The van der Waals surface area contributed by atoms with Crippen molar-refractivity contribution in [1.82, 2.24) is 14.4 Å². The second kappa shape index (κ2) is 4.46. The van der Waals surface area contributed by atoms with Gasteiger partial charge in [0.05, 0.1) is 16.7 Å². The number of rotatable bonds is 1. The van der Waals surface area contributed by atoms with E-state index in [4.69, 9.17) is 11.6 Å². The van der Waals surface area contributed by atoms with Gasteiger partial charge in [0.15, 0.2) is 10.8 Å². The smallest absolute Gasteiger partial charge is 0.175 e. The molecule has 0 saturated heterocycles. The first-order valence-corrected chi connectivity index (χ1v) is 6.83. The number of benzene rings is 2. The van der Waals surface area contributed by atoms with Crippen LogP contribution in [-0.4, -0.2) is 19.5 Å². The highest BCUT2D eigenvalue weighted by Crippen LogP contribution is 2.26. The summed E-state index contributed by atoms with van der Waals surface area (Å²) >= 11 is 6.23. The number of nitrogens with zero attached hydrogens (tertiary/aromatic N) is 3. The van der Waals surface area contributed by atoms with Crippen LogP contribution in [0.3, 0.4) is 0 Å². The molecule has 0 atom stereocenters. The van der Waals surface area contributed by atoms with Gasteiger partial charge in [0.2, 0.25) is 0 Å². The van der Waals surface area contributed by atoms with E-state index in [-0.39, 0.29) is 5.75 Å². The number of hydrogen-bond donors (Lipinski definition) is 1. The summed E-state index contributed by atoms with van der Waals surface area (Å²) in [7, 11) is 0. The first-order chi connectivity index (χ1) is 10.2. The van der Waals surface area contributed by atoms with Gasteiger partial charge in [-0.15, -0.1) is 0 Å². The summed E-state index contributed by atoms with van der Waals surface area (Å²) < 4.78 is 1.94. The Bertz CT molecular complexity index is 961. The van der Waals surface area contributed by atoms with Crippen molar-refractivity contribution in [3.63, 3.8) is 0 Å². The normalized spacial score (nSPS) is 11.3. The molecule has 0 saturated carbocycles. The zero-order valence-electron chi connectivity index (χ0n) is 10.9. The summed E-state index contributed by atoms with van der Waals surface area (Å²) in [5, 5.41) is 9.75. The second-order valence-electron chi connectivity index (χ2n) is 4.76. The zero-order chi connectivity index (χ0) is 14.4. The number of phenols is 1. The minimum atomic E-state index is 0.229. The molecule has 2 aromatic heterocycles. The molecular formula is C16H10ClN3O. The number of phenolic OH excluding ortho intramolecular Hbond substituents is 1. The average molecular weight is 296 g/mol. The Kier molecular flexibility index (Phi) is 2.59. The summed E-state index contributed by atoms with van der Waals surface area (Å²) in [6.07, 6.45) is 1.93. The summed E-state index contributed by atoms with van der Waals surface area (Å²) in [5.41, 5.74) is 4.10. The van der Waals surface area contributed by atoms with Gasteiger partial charge in [0, 0.05) is 11.8 Å². The molecule has 0 amide bonds. The van der Waals surface area contributed by atoms with Gasteiger partial charge in [-0.25, -0.2) is 9.97 Å². The molecule has 5 heteroatoms. The van der Waals surface area contributed by atoms with E-state index in [2.05, 4.69) is 9.97 Å². The lowest BCUT2D eigenvalue weighted by atomic mass is 10.2. The van der Waals surface area contributed by atoms with Crippen molar-refractivity contribution in [2.45, 2.75) is 0 Å². The van der Waals surface area contributed by atoms with Crippen LogP contribution < -0.4 is 0 Å². The lowest BCUT2D eigenvalue weighted by molar-refractivity contribution is 0.475. The third kappa shape index (κ3) is 1.92. The van der Waals surface area contributed by atoms with Gasteiger partial charge < -0.3 is 5.11 Å². The zero-order valence-corrected chi connectivity index (χ0v) is 11.6. The maximum absolute atomic E-state index is 9.37. The quantitative estimate of drug-likeness (QED) is 0.579. The molecule has 2 heterocycles. The summed E-state index contributed by atoms with van der Waals surface area (Å²) in [5.74, 6) is 0.229. The summed E-state index contributed by atoms with van der Waals surface area (Å²) in [6, 6.07) is 14.7. The molecule has 0 bridgehead atoms. The minimum absolute atomic E-state index is 0.229. The van der Waals surface area contributed by atoms with Crippen molar-refractivity contribution in [2.24, 2.45) is 0 Å². The predicted molar refractivity (Wildman–Crippen MR) is 82.6 cm³/mol. The fraction of sp³-hybridized carbons (Fsp3) is 0. The number of aromatic nitrogens is 3. The minimum Gasteiger partial charge on any atom is -0.508 e. The van der Waals surface area contributed by atoms with Crippen molar-refractivity contribution in [3.8, 4) is 17.0 Å². The molecular weight excluding hydrogens is 286 g/mol. The van der Waals surface area contributed by atoms with Gasteiger partial charge >= 0.3 is 0 Å². The third-order valence-corrected chi connectivity index (χ3v) is 3.67. The molecule has 4 rings (SSSR count). The van der Waals surface area contributed by atoms with Gasteiger partial charge in [0.1, 0.15) is 5.75 Å². The lowest BCUT2D eigenvalue weighted by Gasteiger charge is -2.01. The highest BCUT2D eigenvalue weighted by atomic mass is 35.5. The van der Waals surface area contributed by atoms with Crippen molar-refractivity contribution < 1.29 is 5.11 Å². The molecule has 4 aromatic rings. The number of para-hydroxylation sites is 2. The van der Waals surface area contributed by atoms with Gasteiger partial charge in [-0.05, 0) is 36.4 Å². The van der Waals surface area contributed by atoms with E-state index >= 15 is 0 Å². The Morgan fingerprint density at radius 1 is 0.952 bits per heavy atom. The van der Waals surface area contributed by atoms with Crippen molar-refractivity contribution in [2.75, 3.05) is 0 Å². The fourth-order valence-electron chi connectivity index (χ4n) is 2.40. The van der Waals surface area contributed by atoms with Crippen LogP contribution in [0.1, 0.15) is 0 Å². The van der Waals surface area contributed by atoms with Crippen LogP contribution in [0.2, 0.25) is 5.15 Å². The number of halogens is 1. The van der Waals surface area contributed by atoms with Gasteiger partial charge in [-0.3, -0.25) is 4.40 Å². The van der Waals surface area contributed by atoms with E-state index in [1.54, 1.807) is 12.1 Å². The molecule has 0 spiro atoms. The average Bonchev–Trinajstić information content (AvgIpc) is 2.94. The van der Waals surface area contributed by atoms with E-state index < -0.39 is 0 Å². The van der Waals surface area contributed by atoms with E-state index in [1.165, 1.54) is 0 Å². The van der Waals surface area contributed by atoms with Crippen molar-refractivity contribution in [1.29, 1.82) is 0 Å². The Hall–Kier alpha value is -2.59. The standard InChI is InChI=1S/C16H10ClN3O/c17-15-16-19-13(10-5-7-11(21)8-6-10)9-20(16)14-4-2-1-3-12(14)18-15/h1-9,21H. The molecule has 102 valence electrons. The Labute approximate surface area is 125 Å². The second-order valence-corrected chi connectivity index (χ2v) is 5.12. The molecule has 0 aliphatic rings. The molecule has 1 N–H and O–H groups in total. The number of imidazole rings is 1. The van der Waals surface area contributed by atoms with Crippen LogP contribution in [0, 0.1) is 0 Å². The van der Waals surface area contributed by atoms with Crippen LogP contribution in [0.15, 0.2) is 54.7 Å². The highest BCUT2D eigenvalue weighted by molar-refractivity contribution is 6.32. The van der Waals surface area contributed by atoms with Crippen LogP contribution >= 0.6 is 11.6 Å². The molecule has 0 aliphatic carbocycles. The third-order valence-electron chi connectivity index (χ3n) is 3.41. The monoisotopic (exact) mass is 295 g/mol. The topological polar surface area (TPSA) is 50.4 Å². The van der Waals surface area contributed by atoms with Crippen molar-refractivity contribution >= 4 is 28.3 Å². The summed E-state index contributed by atoms with van der Waals surface area (Å²) in [6.45, 7) is 0. The predicted octanol–water partition coefficient (Wildman–Crippen LogP) is 3.91. The fourth-order valence-corrected chi connectivity index (χ4v) is 2.62. The molecule has 0 radical (unpaired) electrons. The number of fused-ring (bicyclic) bond motifs is 3. The molecule has 2 aromatic carbocycles. The van der Waals surface area contributed by atoms with E-state index in [0.717, 1.165) is 22.3 Å². The van der Waals surface area contributed by atoms with Crippen LogP contribution in [0.25, 0.3) is 27.9 Å². The highest BCUT2D eigenvalue weighted by Gasteiger charge is 2.11. The Morgan fingerprint density at radius 3 is 2.52 bits per heavy atom. The number of aromatic hydroxyl groups is 1. The SMILES string of the molecule is Oc1ccc(-c2cn3c(n2)c(Cl)nc2ccccc23)cc1. The maximum atomic E-state index is 9.37. The molecule has 0 aliphatic heterocycles. The lowest BCUT2D eigenvalue weighted by Crippen LogP contribution is -1.91.